The van der Waals surface area contributed by atoms with Crippen molar-refractivity contribution in [3.63, 3.8) is 0 Å². The minimum atomic E-state index is -0.501. The minimum absolute atomic E-state index is 0.231. The lowest BCUT2D eigenvalue weighted by Crippen LogP contribution is -2.43. The first-order valence-electron chi connectivity index (χ1n) is 9.95. The molecule has 5 rings (SSSR count). The molecule has 3 aromatic rings. The van der Waals surface area contributed by atoms with Crippen molar-refractivity contribution in [1.29, 1.82) is 0 Å². The lowest BCUT2D eigenvalue weighted by molar-refractivity contribution is 0.100. The zero-order valence-corrected chi connectivity index (χ0v) is 16.6. The Labute approximate surface area is 174 Å². The number of allylic oxidation sites excluding steroid dienone is 2. The zero-order valence-electron chi connectivity index (χ0n) is 16.6. The van der Waals surface area contributed by atoms with Crippen molar-refractivity contribution in [2.75, 3.05) is 0 Å². The molecule has 150 valence electrons. The third-order valence-corrected chi connectivity index (χ3v) is 5.55. The van der Waals surface area contributed by atoms with Gasteiger partial charge in [0.2, 0.25) is 0 Å². The number of rotatable bonds is 4. The maximum atomic E-state index is 11.8. The quantitative estimate of drug-likeness (QED) is 0.622. The molecule has 6 nitrogen and oxygen atoms in total. The highest BCUT2D eigenvalue weighted by atomic mass is 16.3. The van der Waals surface area contributed by atoms with Crippen LogP contribution in [0, 0.1) is 6.92 Å². The van der Waals surface area contributed by atoms with E-state index in [2.05, 4.69) is 34.9 Å². The van der Waals surface area contributed by atoms with Gasteiger partial charge in [0.15, 0.2) is 0 Å². The third kappa shape index (κ3) is 3.06. The molecule has 0 bridgehead atoms. The van der Waals surface area contributed by atoms with Crippen LogP contribution in [0.3, 0.4) is 0 Å². The van der Waals surface area contributed by atoms with E-state index in [0.717, 1.165) is 45.8 Å². The molecule has 1 aliphatic carbocycles. The fourth-order valence-electron chi connectivity index (χ4n) is 4.13. The highest BCUT2D eigenvalue weighted by Crippen LogP contribution is 2.35. The Bertz CT molecular complexity index is 1230. The van der Waals surface area contributed by atoms with Crippen LogP contribution in [-0.2, 0) is 6.54 Å². The molecule has 1 unspecified atom stereocenters. The van der Waals surface area contributed by atoms with E-state index < -0.39 is 5.91 Å². The molecule has 1 amide bonds. The van der Waals surface area contributed by atoms with Crippen molar-refractivity contribution in [3.8, 4) is 0 Å². The minimum Gasteiger partial charge on any atom is -0.460 e. The number of nitrogens with one attached hydrogen (secondary N) is 2. The van der Waals surface area contributed by atoms with E-state index in [1.165, 1.54) is 0 Å². The first-order valence-corrected chi connectivity index (χ1v) is 9.95. The molecular weight excluding hydrogens is 376 g/mol. The van der Waals surface area contributed by atoms with Crippen molar-refractivity contribution in [2.45, 2.75) is 26.1 Å². The highest BCUT2D eigenvalue weighted by Gasteiger charge is 2.30. The van der Waals surface area contributed by atoms with Gasteiger partial charge in [-0.2, -0.15) is 0 Å². The topological polar surface area (TPSA) is 92.6 Å². The van der Waals surface area contributed by atoms with Gasteiger partial charge >= 0.3 is 0 Å². The highest BCUT2D eigenvalue weighted by molar-refractivity contribution is 6.06. The number of fused-ring (bicyclic) bond motifs is 1. The van der Waals surface area contributed by atoms with Gasteiger partial charge < -0.3 is 20.8 Å². The number of benzene rings is 2. The summed E-state index contributed by atoms with van der Waals surface area (Å²) in [5, 5.41) is 7.96. The number of aliphatic imine (C=N–C) groups is 1. The van der Waals surface area contributed by atoms with Crippen molar-refractivity contribution in [1.82, 2.24) is 10.6 Å². The number of aryl methyl sites for hydroxylation is 1. The van der Waals surface area contributed by atoms with Gasteiger partial charge in [0.1, 0.15) is 23.3 Å². The van der Waals surface area contributed by atoms with E-state index in [1.807, 2.05) is 37.3 Å². The second-order valence-corrected chi connectivity index (χ2v) is 7.49. The Morgan fingerprint density at radius 3 is 2.80 bits per heavy atom. The van der Waals surface area contributed by atoms with Crippen LogP contribution < -0.4 is 16.4 Å². The van der Waals surface area contributed by atoms with Crippen LogP contribution in [0.5, 0.6) is 0 Å². The summed E-state index contributed by atoms with van der Waals surface area (Å²) in [4.78, 5) is 16.7. The molecule has 2 aliphatic rings. The molecule has 1 atom stereocenters. The fourth-order valence-corrected chi connectivity index (χ4v) is 4.13. The number of nitrogens with zero attached hydrogens (tertiary/aromatic N) is 1. The first kappa shape index (κ1) is 18.2. The van der Waals surface area contributed by atoms with Crippen molar-refractivity contribution < 1.29 is 9.21 Å². The number of carbonyl (C=O) groups is 1. The number of amidine groups is 1. The molecular formula is C24H22N4O2. The third-order valence-electron chi connectivity index (χ3n) is 5.55. The van der Waals surface area contributed by atoms with Gasteiger partial charge in [-0.15, -0.1) is 0 Å². The van der Waals surface area contributed by atoms with Crippen molar-refractivity contribution >= 4 is 22.7 Å². The maximum Gasteiger partial charge on any atom is 0.252 e. The van der Waals surface area contributed by atoms with Crippen LogP contribution in [-0.4, -0.2) is 11.7 Å². The summed E-state index contributed by atoms with van der Waals surface area (Å²) in [6, 6.07) is 15.7. The number of para-hydroxylation sites is 1. The number of furan rings is 1. The largest absolute Gasteiger partial charge is 0.460 e. The summed E-state index contributed by atoms with van der Waals surface area (Å²) in [7, 11) is 0. The molecule has 2 aromatic carbocycles. The van der Waals surface area contributed by atoms with Crippen LogP contribution in [0.4, 0.5) is 0 Å². The number of hydrogen-bond acceptors (Lipinski definition) is 4. The lowest BCUT2D eigenvalue weighted by atomic mass is 10.0. The van der Waals surface area contributed by atoms with Crippen LogP contribution in [0.25, 0.3) is 11.0 Å². The van der Waals surface area contributed by atoms with E-state index in [-0.39, 0.29) is 6.17 Å². The Morgan fingerprint density at radius 2 is 2.00 bits per heavy atom. The molecule has 6 heteroatoms. The van der Waals surface area contributed by atoms with Gasteiger partial charge in [0.05, 0.1) is 12.1 Å². The summed E-state index contributed by atoms with van der Waals surface area (Å²) >= 11 is 0. The average Bonchev–Trinajstić information content (AvgIpc) is 3.35. The normalized spacial score (nSPS) is 19.1. The smallest absolute Gasteiger partial charge is 0.252 e. The van der Waals surface area contributed by atoms with Crippen molar-refractivity contribution in [2.24, 2.45) is 10.7 Å². The number of amides is 1. The van der Waals surface area contributed by atoms with E-state index >= 15 is 0 Å². The summed E-state index contributed by atoms with van der Waals surface area (Å²) in [6.07, 6.45) is 4.83. The molecule has 0 saturated carbocycles. The van der Waals surface area contributed by atoms with Crippen molar-refractivity contribution in [3.05, 3.63) is 94.4 Å². The molecule has 1 aliphatic heterocycles. The van der Waals surface area contributed by atoms with Gasteiger partial charge in [0, 0.05) is 22.2 Å². The maximum absolute atomic E-state index is 11.8. The SMILES string of the molecule is Cc1oc2c(C(N)=O)cccc2c1C1NC(=NCc2ccccc2)C2=C(C=CC2)N1. The number of carbonyl (C=O) groups excluding carboxylic acids is 1. The number of hydrogen-bond donors (Lipinski definition) is 3. The van der Waals surface area contributed by atoms with E-state index in [0.29, 0.717) is 17.7 Å². The Balaban J connectivity index is 1.55. The summed E-state index contributed by atoms with van der Waals surface area (Å²) < 4.78 is 5.97. The van der Waals surface area contributed by atoms with Gasteiger partial charge in [-0.05, 0) is 31.1 Å². The van der Waals surface area contributed by atoms with E-state index in [4.69, 9.17) is 15.1 Å². The fraction of sp³-hybridized carbons (Fsp3) is 0.167. The second-order valence-electron chi connectivity index (χ2n) is 7.49. The second kappa shape index (κ2) is 7.22. The molecule has 0 spiro atoms. The molecule has 0 saturated heterocycles. The monoisotopic (exact) mass is 398 g/mol. The van der Waals surface area contributed by atoms with Crippen LogP contribution >= 0.6 is 0 Å². The first-order chi connectivity index (χ1) is 14.6. The number of primary amides is 1. The molecule has 0 fully saturated rings. The molecule has 2 heterocycles. The molecule has 1 aromatic heterocycles. The lowest BCUT2D eigenvalue weighted by Gasteiger charge is -2.30. The molecule has 30 heavy (non-hydrogen) atoms. The molecule has 4 N–H and O–H groups in total. The van der Waals surface area contributed by atoms with Gasteiger partial charge in [0.25, 0.3) is 5.91 Å². The zero-order chi connectivity index (χ0) is 20.7. The standard InChI is InChI=1S/C24H22N4O2/c1-14-20(17-10-5-11-18(22(25)29)21(17)30-14)24-27-19-12-6-9-16(19)23(28-24)26-13-15-7-3-2-4-8-15/h2-8,10-12,24,27H,9,13H2,1H3,(H2,25,29)(H,26,28). The summed E-state index contributed by atoms with van der Waals surface area (Å²) in [5.74, 6) is 1.11. The van der Waals surface area contributed by atoms with Gasteiger partial charge in [-0.1, -0.05) is 48.5 Å². The molecule has 0 radical (unpaired) electrons. The Hall–Kier alpha value is -3.80. The van der Waals surface area contributed by atoms with Crippen LogP contribution in [0.15, 0.2) is 81.4 Å². The van der Waals surface area contributed by atoms with Gasteiger partial charge in [-0.25, -0.2) is 0 Å². The van der Waals surface area contributed by atoms with E-state index in [9.17, 15) is 4.79 Å². The van der Waals surface area contributed by atoms with Crippen LogP contribution in [0.1, 0.15) is 39.8 Å². The average molecular weight is 398 g/mol. The summed E-state index contributed by atoms with van der Waals surface area (Å²) in [6.45, 7) is 2.50. The Kier molecular flexibility index (Phi) is 4.39. The predicted molar refractivity (Wildman–Crippen MR) is 117 cm³/mol. The summed E-state index contributed by atoms with van der Waals surface area (Å²) in [5.41, 5.74) is 10.8. The van der Waals surface area contributed by atoms with Crippen LogP contribution in [0.2, 0.25) is 0 Å². The van der Waals surface area contributed by atoms with Gasteiger partial charge in [-0.3, -0.25) is 9.79 Å². The number of nitrogens with two attached hydrogens (primary N) is 1. The predicted octanol–water partition coefficient (Wildman–Crippen LogP) is 3.84. The Morgan fingerprint density at radius 1 is 1.17 bits per heavy atom. The van der Waals surface area contributed by atoms with E-state index in [1.54, 1.807) is 6.07 Å².